The van der Waals surface area contributed by atoms with Gasteiger partial charge >= 0.3 is 0 Å². The molecule has 2 aliphatic carbocycles. The zero-order valence-electron chi connectivity index (χ0n) is 11.1. The molecule has 2 saturated carbocycles. The van der Waals surface area contributed by atoms with Crippen LogP contribution in [0.15, 0.2) is 0 Å². The van der Waals surface area contributed by atoms with E-state index >= 15 is 0 Å². The molecular weight excluding hydrogens is 230 g/mol. The summed E-state index contributed by atoms with van der Waals surface area (Å²) in [5, 5.41) is 2.92. The summed E-state index contributed by atoms with van der Waals surface area (Å²) in [5.41, 5.74) is 4.93. The van der Waals surface area contributed by atoms with Crippen LogP contribution in [0.3, 0.4) is 0 Å². The second-order valence-electron chi connectivity index (χ2n) is 5.71. The van der Waals surface area contributed by atoms with Gasteiger partial charge in [0.15, 0.2) is 0 Å². The van der Waals surface area contributed by atoms with E-state index in [1.807, 2.05) is 11.9 Å². The summed E-state index contributed by atoms with van der Waals surface area (Å²) in [6.07, 6.45) is 6.01. The molecule has 0 unspecified atom stereocenters. The SMILES string of the molecule is CN(CC(=O)NCC1CC1)C1(C(N)=O)CCCC1. The molecule has 3 N–H and O–H groups in total. The van der Waals surface area contributed by atoms with Crippen molar-refractivity contribution in [3.05, 3.63) is 0 Å². The van der Waals surface area contributed by atoms with Gasteiger partial charge < -0.3 is 11.1 Å². The smallest absolute Gasteiger partial charge is 0.237 e. The summed E-state index contributed by atoms with van der Waals surface area (Å²) in [6, 6.07) is 0. The number of carbonyl (C=O) groups excluding carboxylic acids is 2. The highest BCUT2D eigenvalue weighted by atomic mass is 16.2. The second kappa shape index (κ2) is 5.26. The maximum atomic E-state index is 11.8. The summed E-state index contributed by atoms with van der Waals surface area (Å²) in [4.78, 5) is 25.3. The van der Waals surface area contributed by atoms with Gasteiger partial charge in [-0.05, 0) is 38.6 Å². The van der Waals surface area contributed by atoms with Crippen molar-refractivity contribution < 1.29 is 9.59 Å². The Kier molecular flexibility index (Phi) is 3.90. The van der Waals surface area contributed by atoms with Crippen molar-refractivity contribution in [2.45, 2.75) is 44.1 Å². The number of carbonyl (C=O) groups is 2. The minimum atomic E-state index is -0.600. The van der Waals surface area contributed by atoms with Crippen LogP contribution in [0.5, 0.6) is 0 Å². The van der Waals surface area contributed by atoms with Crippen molar-refractivity contribution in [1.29, 1.82) is 0 Å². The zero-order valence-corrected chi connectivity index (χ0v) is 11.1. The van der Waals surface area contributed by atoms with Gasteiger partial charge in [-0.1, -0.05) is 12.8 Å². The van der Waals surface area contributed by atoms with E-state index in [2.05, 4.69) is 5.32 Å². The highest BCUT2D eigenvalue weighted by Gasteiger charge is 2.43. The zero-order chi connectivity index (χ0) is 13.2. The lowest BCUT2D eigenvalue weighted by molar-refractivity contribution is -0.132. The highest BCUT2D eigenvalue weighted by Crippen LogP contribution is 2.34. The number of rotatable bonds is 6. The molecule has 102 valence electrons. The summed E-state index contributed by atoms with van der Waals surface area (Å²) >= 11 is 0. The van der Waals surface area contributed by atoms with E-state index < -0.39 is 5.54 Å². The van der Waals surface area contributed by atoms with Crippen molar-refractivity contribution in [2.75, 3.05) is 20.1 Å². The number of hydrogen-bond donors (Lipinski definition) is 2. The fraction of sp³-hybridized carbons (Fsp3) is 0.846. The molecule has 0 aromatic rings. The van der Waals surface area contributed by atoms with Gasteiger partial charge in [-0.3, -0.25) is 14.5 Å². The Morgan fingerprint density at radius 3 is 2.44 bits per heavy atom. The van der Waals surface area contributed by atoms with E-state index in [1.54, 1.807) is 0 Å². The van der Waals surface area contributed by atoms with E-state index in [4.69, 9.17) is 5.73 Å². The molecule has 0 atom stereocenters. The molecule has 2 rings (SSSR count). The van der Waals surface area contributed by atoms with Crippen molar-refractivity contribution >= 4 is 11.8 Å². The summed E-state index contributed by atoms with van der Waals surface area (Å²) in [6.45, 7) is 1.03. The lowest BCUT2D eigenvalue weighted by atomic mass is 9.94. The van der Waals surface area contributed by atoms with Gasteiger partial charge in [0.1, 0.15) is 5.54 Å². The fourth-order valence-corrected chi connectivity index (χ4v) is 2.78. The third-order valence-corrected chi connectivity index (χ3v) is 4.29. The monoisotopic (exact) mass is 253 g/mol. The van der Waals surface area contributed by atoms with Crippen molar-refractivity contribution in [3.63, 3.8) is 0 Å². The summed E-state index contributed by atoms with van der Waals surface area (Å²) in [5.74, 6) is 0.380. The van der Waals surface area contributed by atoms with E-state index in [0.29, 0.717) is 5.92 Å². The molecule has 0 heterocycles. The minimum absolute atomic E-state index is 0.00285. The largest absolute Gasteiger partial charge is 0.368 e. The minimum Gasteiger partial charge on any atom is -0.368 e. The van der Waals surface area contributed by atoms with Crippen molar-refractivity contribution in [1.82, 2.24) is 10.2 Å². The average molecular weight is 253 g/mol. The lowest BCUT2D eigenvalue weighted by Gasteiger charge is -2.35. The number of primary amides is 1. The molecule has 2 aliphatic rings. The maximum absolute atomic E-state index is 11.8. The molecule has 5 nitrogen and oxygen atoms in total. The molecule has 5 heteroatoms. The average Bonchev–Trinajstić information content (AvgIpc) is 3.00. The Balaban J connectivity index is 1.86. The molecule has 0 bridgehead atoms. The molecule has 0 saturated heterocycles. The van der Waals surface area contributed by atoms with Crippen LogP contribution in [-0.4, -0.2) is 42.4 Å². The lowest BCUT2D eigenvalue weighted by Crippen LogP contribution is -2.56. The first-order valence-corrected chi connectivity index (χ1v) is 6.82. The first kappa shape index (κ1) is 13.3. The predicted octanol–water partition coefficient (Wildman–Crippen LogP) is 0.242. The molecule has 2 amide bonds. The fourth-order valence-electron chi connectivity index (χ4n) is 2.78. The molecule has 0 aromatic carbocycles. The van der Waals surface area contributed by atoms with Crippen LogP contribution < -0.4 is 11.1 Å². The molecular formula is C13H23N3O2. The first-order chi connectivity index (χ1) is 8.54. The van der Waals surface area contributed by atoms with E-state index in [1.165, 1.54) is 12.8 Å². The summed E-state index contributed by atoms with van der Waals surface area (Å²) < 4.78 is 0. The molecule has 2 fully saturated rings. The molecule has 0 spiro atoms. The quantitative estimate of drug-likeness (QED) is 0.712. The number of hydrogen-bond acceptors (Lipinski definition) is 3. The Labute approximate surface area is 108 Å². The van der Waals surface area contributed by atoms with Crippen LogP contribution in [0.1, 0.15) is 38.5 Å². The molecule has 0 aromatic heterocycles. The standard InChI is InChI=1S/C13H23N3O2/c1-16(9-11(17)15-8-10-4-5-10)13(12(14)18)6-2-3-7-13/h10H,2-9H2,1H3,(H2,14,18)(H,15,17). The number of likely N-dealkylation sites (N-methyl/N-ethyl adjacent to an activating group) is 1. The van der Waals surface area contributed by atoms with Crippen molar-refractivity contribution in [3.8, 4) is 0 Å². The van der Waals surface area contributed by atoms with E-state index in [9.17, 15) is 9.59 Å². The maximum Gasteiger partial charge on any atom is 0.237 e. The van der Waals surface area contributed by atoms with Gasteiger partial charge in [-0.15, -0.1) is 0 Å². The number of amides is 2. The van der Waals surface area contributed by atoms with E-state index in [-0.39, 0.29) is 18.4 Å². The summed E-state index contributed by atoms with van der Waals surface area (Å²) in [7, 11) is 1.83. The third-order valence-electron chi connectivity index (χ3n) is 4.29. The normalized spacial score (nSPS) is 22.1. The Hall–Kier alpha value is -1.10. The predicted molar refractivity (Wildman–Crippen MR) is 68.8 cm³/mol. The number of nitrogens with two attached hydrogens (primary N) is 1. The topological polar surface area (TPSA) is 75.4 Å². The van der Waals surface area contributed by atoms with Crippen molar-refractivity contribution in [2.24, 2.45) is 11.7 Å². The molecule has 18 heavy (non-hydrogen) atoms. The van der Waals surface area contributed by atoms with Gasteiger partial charge in [-0.25, -0.2) is 0 Å². The van der Waals surface area contributed by atoms with Gasteiger partial charge in [0.05, 0.1) is 6.54 Å². The van der Waals surface area contributed by atoms with Gasteiger partial charge in [0, 0.05) is 6.54 Å². The van der Waals surface area contributed by atoms with Gasteiger partial charge in [-0.2, -0.15) is 0 Å². The Morgan fingerprint density at radius 1 is 1.33 bits per heavy atom. The number of nitrogens with one attached hydrogen (secondary N) is 1. The molecule has 0 aliphatic heterocycles. The Bertz CT molecular complexity index is 333. The van der Waals surface area contributed by atoms with Gasteiger partial charge in [0.2, 0.25) is 11.8 Å². The van der Waals surface area contributed by atoms with Crippen LogP contribution in [0.25, 0.3) is 0 Å². The van der Waals surface area contributed by atoms with Crippen LogP contribution in [0, 0.1) is 5.92 Å². The second-order valence-corrected chi connectivity index (χ2v) is 5.71. The third kappa shape index (κ3) is 2.83. The highest BCUT2D eigenvalue weighted by molar-refractivity contribution is 5.86. The van der Waals surface area contributed by atoms with Crippen LogP contribution in [0.4, 0.5) is 0 Å². The Morgan fingerprint density at radius 2 is 1.94 bits per heavy atom. The first-order valence-electron chi connectivity index (χ1n) is 6.82. The number of nitrogens with zero attached hydrogens (tertiary/aromatic N) is 1. The van der Waals surface area contributed by atoms with Gasteiger partial charge in [0.25, 0.3) is 0 Å². The van der Waals surface area contributed by atoms with Crippen LogP contribution in [-0.2, 0) is 9.59 Å². The van der Waals surface area contributed by atoms with E-state index in [0.717, 1.165) is 32.2 Å². The molecule has 0 radical (unpaired) electrons. The van der Waals surface area contributed by atoms with Crippen LogP contribution in [0.2, 0.25) is 0 Å². The van der Waals surface area contributed by atoms with Crippen LogP contribution >= 0.6 is 0 Å².